The maximum absolute atomic E-state index is 5.50. The Hall–Kier alpha value is 0.882. The van der Waals surface area contributed by atoms with Gasteiger partial charge in [-0.1, -0.05) is 0 Å². The Morgan fingerprint density at radius 1 is 1.56 bits per heavy atom. The molecule has 1 nitrogen and oxygen atoms in total. The van der Waals surface area contributed by atoms with Crippen molar-refractivity contribution in [2.24, 2.45) is 11.7 Å². The van der Waals surface area contributed by atoms with E-state index >= 15 is 0 Å². The van der Waals surface area contributed by atoms with Crippen LogP contribution in [0.1, 0.15) is 27.2 Å². The zero-order valence-corrected chi connectivity index (χ0v) is 11.1. The van der Waals surface area contributed by atoms with E-state index < -0.39 is 0 Å². The summed E-state index contributed by atoms with van der Waals surface area (Å²) in [6.45, 7) is 7.72. The Labute approximate surface area is 74.1 Å². The molecule has 0 saturated heterocycles. The van der Waals surface area contributed by atoms with Crippen LogP contribution in [-0.4, -0.2) is 32.3 Å². The molecule has 0 heterocycles. The summed E-state index contributed by atoms with van der Waals surface area (Å²) < 4.78 is 0.610. The van der Waals surface area contributed by atoms with Crippen LogP contribution in [0, 0.1) is 5.92 Å². The van der Waals surface area contributed by atoms with Crippen LogP contribution in [0.25, 0.3) is 0 Å². The Morgan fingerprint density at radius 2 is 2.00 bits per heavy atom. The molecule has 0 aliphatic heterocycles. The SMILES string of the molecule is CC(CN)C[C](C)(C)[Tl]. The van der Waals surface area contributed by atoms with Crippen LogP contribution < -0.4 is 5.73 Å². The first-order valence-electron chi connectivity index (χ1n) is 3.44. The van der Waals surface area contributed by atoms with Gasteiger partial charge in [0.25, 0.3) is 0 Å². The van der Waals surface area contributed by atoms with E-state index in [4.69, 9.17) is 5.73 Å². The monoisotopic (exact) mass is 319 g/mol. The van der Waals surface area contributed by atoms with Crippen molar-refractivity contribution in [2.75, 3.05) is 6.54 Å². The van der Waals surface area contributed by atoms with Crippen molar-refractivity contribution in [2.45, 2.75) is 30.2 Å². The summed E-state index contributed by atoms with van der Waals surface area (Å²) in [4.78, 5) is 0. The van der Waals surface area contributed by atoms with Crippen molar-refractivity contribution in [3.8, 4) is 0 Å². The first-order chi connectivity index (χ1) is 3.95. The van der Waals surface area contributed by atoms with Crippen molar-refractivity contribution in [3.63, 3.8) is 0 Å². The molecule has 0 aliphatic rings. The molecule has 0 rings (SSSR count). The summed E-state index contributed by atoms with van der Waals surface area (Å²) in [5.74, 6) is 0.713. The summed E-state index contributed by atoms with van der Waals surface area (Å²) >= 11 is 1.08. The summed E-state index contributed by atoms with van der Waals surface area (Å²) in [6.07, 6.45) is 1.30. The van der Waals surface area contributed by atoms with Gasteiger partial charge in [-0.15, -0.1) is 0 Å². The van der Waals surface area contributed by atoms with Crippen LogP contribution in [0.3, 0.4) is 0 Å². The van der Waals surface area contributed by atoms with Gasteiger partial charge in [-0.25, -0.2) is 0 Å². The summed E-state index contributed by atoms with van der Waals surface area (Å²) in [7, 11) is 0. The van der Waals surface area contributed by atoms with E-state index in [0.717, 1.165) is 32.3 Å². The molecule has 0 saturated carbocycles. The first kappa shape index (κ1) is 9.88. The molecule has 0 aromatic carbocycles. The average molecular weight is 319 g/mol. The Balaban J connectivity index is 3.47. The summed E-state index contributed by atoms with van der Waals surface area (Å²) in [5.41, 5.74) is 5.50. The van der Waals surface area contributed by atoms with E-state index in [9.17, 15) is 0 Å². The van der Waals surface area contributed by atoms with Crippen molar-refractivity contribution < 1.29 is 0 Å². The van der Waals surface area contributed by atoms with Gasteiger partial charge in [-0.2, -0.15) is 0 Å². The fourth-order valence-electron chi connectivity index (χ4n) is 0.981. The van der Waals surface area contributed by atoms with Crippen LogP contribution in [0.4, 0.5) is 0 Å². The molecule has 0 fully saturated rings. The van der Waals surface area contributed by atoms with Crippen LogP contribution in [0.2, 0.25) is 2.97 Å². The van der Waals surface area contributed by atoms with Gasteiger partial charge in [0, 0.05) is 0 Å². The predicted octanol–water partition coefficient (Wildman–Crippen LogP) is 1.34. The molecule has 2 N–H and O–H groups in total. The van der Waals surface area contributed by atoms with Crippen LogP contribution >= 0.6 is 0 Å². The molecular weight excluding hydrogens is 302 g/mol. The molecule has 1 atom stereocenters. The number of rotatable bonds is 3. The second-order valence-corrected chi connectivity index (χ2v) is 9.61. The maximum atomic E-state index is 5.50. The second-order valence-electron chi connectivity index (χ2n) is 3.53. The molecular formula is C7H16NTl. The molecule has 1 unspecified atom stereocenters. The Kier molecular flexibility index (Phi) is 4.29. The Morgan fingerprint density at radius 3 is 2.11 bits per heavy atom. The third-order valence-corrected chi connectivity index (χ3v) is 2.19. The van der Waals surface area contributed by atoms with Gasteiger partial charge in [-0.3, -0.25) is 0 Å². The fraction of sp³-hybridized carbons (Fsp3) is 1.00. The van der Waals surface area contributed by atoms with Gasteiger partial charge in [0.15, 0.2) is 0 Å². The molecule has 0 spiro atoms. The zero-order chi connectivity index (χ0) is 7.49. The first-order valence-corrected chi connectivity index (χ1v) is 5.69. The number of hydrogen-bond donors (Lipinski definition) is 1. The number of nitrogens with two attached hydrogens (primary N) is 1. The molecule has 52 valence electrons. The molecule has 0 aromatic heterocycles. The van der Waals surface area contributed by atoms with Crippen molar-refractivity contribution in [1.82, 2.24) is 0 Å². The topological polar surface area (TPSA) is 26.0 Å². The van der Waals surface area contributed by atoms with Crippen molar-refractivity contribution >= 4 is 25.8 Å². The molecule has 0 amide bonds. The van der Waals surface area contributed by atoms with Gasteiger partial charge in [0.2, 0.25) is 0 Å². The van der Waals surface area contributed by atoms with E-state index in [1.807, 2.05) is 0 Å². The van der Waals surface area contributed by atoms with Crippen LogP contribution in [-0.2, 0) is 0 Å². The van der Waals surface area contributed by atoms with E-state index in [0.29, 0.717) is 8.89 Å². The minimum atomic E-state index is 0.610. The second kappa shape index (κ2) is 3.91. The summed E-state index contributed by atoms with van der Waals surface area (Å²) in [6, 6.07) is 0. The summed E-state index contributed by atoms with van der Waals surface area (Å²) in [5, 5.41) is 0. The van der Waals surface area contributed by atoms with E-state index in [2.05, 4.69) is 20.8 Å². The van der Waals surface area contributed by atoms with Gasteiger partial charge < -0.3 is 0 Å². The van der Waals surface area contributed by atoms with E-state index in [1.165, 1.54) is 6.42 Å². The van der Waals surface area contributed by atoms with Crippen molar-refractivity contribution in [3.05, 3.63) is 0 Å². The van der Waals surface area contributed by atoms with Gasteiger partial charge in [0.1, 0.15) is 0 Å². The minimum absolute atomic E-state index is 0.610. The quantitative estimate of drug-likeness (QED) is 0.781. The molecule has 0 aliphatic carbocycles. The fourth-order valence-corrected chi connectivity index (χ4v) is 2.55. The van der Waals surface area contributed by atoms with E-state index in [-0.39, 0.29) is 0 Å². The van der Waals surface area contributed by atoms with Crippen LogP contribution in [0.15, 0.2) is 0 Å². The zero-order valence-electron chi connectivity index (χ0n) is 6.65. The number of hydrogen-bond acceptors (Lipinski definition) is 1. The van der Waals surface area contributed by atoms with Gasteiger partial charge in [0.05, 0.1) is 0 Å². The van der Waals surface area contributed by atoms with Gasteiger partial charge in [-0.05, 0) is 0 Å². The van der Waals surface area contributed by atoms with Crippen molar-refractivity contribution in [1.29, 1.82) is 0 Å². The normalized spacial score (nSPS) is 15.4. The third kappa shape index (κ3) is 6.77. The average Bonchev–Trinajstić information content (AvgIpc) is 1.62. The molecule has 0 bridgehead atoms. The molecule has 2 heteroatoms. The molecule has 9 heavy (non-hydrogen) atoms. The van der Waals surface area contributed by atoms with Crippen LogP contribution in [0.5, 0.6) is 0 Å². The Bertz CT molecular complexity index is 75.5. The third-order valence-electron chi connectivity index (χ3n) is 1.28. The molecule has 0 aromatic rings. The standard InChI is InChI=1S/C7H16N.Tl/c1-6(2)4-7(3)5-8;/h7H,4-5,8H2,1-3H3;. The van der Waals surface area contributed by atoms with Gasteiger partial charge >= 0.3 is 74.1 Å². The predicted molar refractivity (Wildman–Crippen MR) is 42.6 cm³/mol. The van der Waals surface area contributed by atoms with E-state index in [1.54, 1.807) is 0 Å². The molecule has 0 radical (unpaired) electrons.